The van der Waals surface area contributed by atoms with E-state index in [0.29, 0.717) is 23.9 Å². The van der Waals surface area contributed by atoms with E-state index in [4.69, 9.17) is 21.3 Å². The standard InChI is InChI=1S/C29H37ClN4O2/c1-19(2)36-24-9-6-21(26(30)18-24)7-11-29(35)31-22-8-10-27-25(17-22)20(3)16-28(32-27)34-14-12-23(13-15-34)33(4)5/h6,8-10,16-19,23H,7,11-15H2,1-5H3,(H,31,35). The van der Waals surface area contributed by atoms with E-state index >= 15 is 0 Å². The first-order valence-electron chi connectivity index (χ1n) is 12.8. The van der Waals surface area contributed by atoms with Crippen molar-refractivity contribution in [1.29, 1.82) is 0 Å². The van der Waals surface area contributed by atoms with Crippen LogP contribution < -0.4 is 15.0 Å². The number of aryl methyl sites for hydroxylation is 2. The topological polar surface area (TPSA) is 57.7 Å². The van der Waals surface area contributed by atoms with Crippen LogP contribution in [0.3, 0.4) is 0 Å². The molecule has 1 fully saturated rings. The normalized spacial score (nSPS) is 14.6. The molecule has 1 aromatic heterocycles. The van der Waals surface area contributed by atoms with Gasteiger partial charge in [-0.25, -0.2) is 4.98 Å². The van der Waals surface area contributed by atoms with E-state index in [1.54, 1.807) is 0 Å². The molecule has 4 rings (SSSR count). The zero-order chi connectivity index (χ0) is 25.8. The van der Waals surface area contributed by atoms with Gasteiger partial charge in [0.2, 0.25) is 5.91 Å². The highest BCUT2D eigenvalue weighted by Gasteiger charge is 2.22. The van der Waals surface area contributed by atoms with Gasteiger partial charge in [0.25, 0.3) is 0 Å². The first-order valence-corrected chi connectivity index (χ1v) is 13.1. The van der Waals surface area contributed by atoms with Crippen molar-refractivity contribution in [3.63, 3.8) is 0 Å². The van der Waals surface area contributed by atoms with Gasteiger partial charge in [0.1, 0.15) is 11.6 Å². The number of amides is 1. The van der Waals surface area contributed by atoms with Crippen LogP contribution in [0.5, 0.6) is 5.75 Å². The number of piperidine rings is 1. The lowest BCUT2D eigenvalue weighted by molar-refractivity contribution is -0.116. The number of benzene rings is 2. The molecule has 0 saturated carbocycles. The molecule has 0 aliphatic carbocycles. The second kappa shape index (κ2) is 11.5. The van der Waals surface area contributed by atoms with Gasteiger partial charge in [0, 0.05) is 41.6 Å². The predicted molar refractivity (Wildman–Crippen MR) is 150 cm³/mol. The molecule has 0 spiro atoms. The van der Waals surface area contributed by atoms with E-state index in [1.807, 2.05) is 50.2 Å². The third kappa shape index (κ3) is 6.48. The highest BCUT2D eigenvalue weighted by molar-refractivity contribution is 6.31. The van der Waals surface area contributed by atoms with Gasteiger partial charge in [-0.1, -0.05) is 17.7 Å². The van der Waals surface area contributed by atoms with Crippen molar-refractivity contribution in [2.45, 2.75) is 58.6 Å². The molecule has 1 aliphatic rings. The Kier molecular flexibility index (Phi) is 8.37. The predicted octanol–water partition coefficient (Wildman–Crippen LogP) is 6.09. The lowest BCUT2D eigenvalue weighted by Gasteiger charge is -2.36. The Balaban J connectivity index is 1.38. The van der Waals surface area contributed by atoms with Crippen molar-refractivity contribution >= 4 is 39.9 Å². The lowest BCUT2D eigenvalue weighted by atomic mass is 10.0. The summed E-state index contributed by atoms with van der Waals surface area (Å²) in [5.74, 6) is 1.74. The molecule has 0 atom stereocenters. The number of halogens is 1. The summed E-state index contributed by atoms with van der Waals surface area (Å²) in [4.78, 5) is 22.3. The maximum Gasteiger partial charge on any atom is 0.224 e. The zero-order valence-corrected chi connectivity index (χ0v) is 22.7. The van der Waals surface area contributed by atoms with Crippen LogP contribution in [-0.2, 0) is 11.2 Å². The number of anilines is 2. The van der Waals surface area contributed by atoms with E-state index in [1.165, 1.54) is 0 Å². The molecule has 36 heavy (non-hydrogen) atoms. The molecule has 0 unspecified atom stereocenters. The number of pyridine rings is 1. The minimum Gasteiger partial charge on any atom is -0.491 e. The minimum absolute atomic E-state index is 0.0427. The summed E-state index contributed by atoms with van der Waals surface area (Å²) in [6.07, 6.45) is 3.30. The van der Waals surface area contributed by atoms with Crippen molar-refractivity contribution in [3.05, 3.63) is 58.6 Å². The van der Waals surface area contributed by atoms with Crippen molar-refractivity contribution in [2.75, 3.05) is 37.4 Å². The van der Waals surface area contributed by atoms with Crippen LogP contribution in [0.4, 0.5) is 11.5 Å². The molecule has 1 aliphatic heterocycles. The fourth-order valence-electron chi connectivity index (χ4n) is 4.78. The second-order valence-corrected chi connectivity index (χ2v) is 10.6. The Hall–Kier alpha value is -2.83. The first kappa shape index (κ1) is 26.2. The van der Waals surface area contributed by atoms with E-state index < -0.39 is 0 Å². The number of ether oxygens (including phenoxy) is 1. The monoisotopic (exact) mass is 508 g/mol. The Morgan fingerprint density at radius 1 is 1.17 bits per heavy atom. The number of hydrogen-bond donors (Lipinski definition) is 1. The fourth-order valence-corrected chi connectivity index (χ4v) is 5.04. The first-order chi connectivity index (χ1) is 17.2. The van der Waals surface area contributed by atoms with Crippen LogP contribution >= 0.6 is 11.6 Å². The maximum atomic E-state index is 12.7. The number of rotatable bonds is 8. The average molecular weight is 509 g/mol. The molecule has 6 nitrogen and oxygen atoms in total. The van der Waals surface area contributed by atoms with Crippen molar-refractivity contribution < 1.29 is 9.53 Å². The Labute approximate surface area is 219 Å². The summed E-state index contributed by atoms with van der Waals surface area (Å²) in [7, 11) is 4.31. The van der Waals surface area contributed by atoms with Gasteiger partial charge in [-0.2, -0.15) is 0 Å². The van der Waals surface area contributed by atoms with Crippen LogP contribution in [0.2, 0.25) is 5.02 Å². The number of aromatic nitrogens is 1. The average Bonchev–Trinajstić information content (AvgIpc) is 2.83. The quantitative estimate of drug-likeness (QED) is 0.399. The number of fused-ring (bicyclic) bond motifs is 1. The summed E-state index contributed by atoms with van der Waals surface area (Å²) in [6, 6.07) is 14.4. The van der Waals surface area contributed by atoms with Crippen LogP contribution in [0, 0.1) is 6.92 Å². The van der Waals surface area contributed by atoms with E-state index in [2.05, 4.69) is 42.2 Å². The molecular formula is C29H37ClN4O2. The summed E-state index contributed by atoms with van der Waals surface area (Å²) >= 11 is 6.40. The molecule has 7 heteroatoms. The second-order valence-electron chi connectivity index (χ2n) is 10.2. The Bertz CT molecular complexity index is 1220. The summed E-state index contributed by atoms with van der Waals surface area (Å²) < 4.78 is 5.68. The highest BCUT2D eigenvalue weighted by atomic mass is 35.5. The third-order valence-electron chi connectivity index (χ3n) is 6.82. The number of carbonyl (C=O) groups is 1. The molecule has 3 aromatic rings. The number of hydrogen-bond acceptors (Lipinski definition) is 5. The summed E-state index contributed by atoms with van der Waals surface area (Å²) in [6.45, 7) is 8.11. The van der Waals surface area contributed by atoms with Gasteiger partial charge < -0.3 is 19.9 Å². The van der Waals surface area contributed by atoms with E-state index in [-0.39, 0.29) is 12.0 Å². The fraction of sp³-hybridized carbons (Fsp3) is 0.448. The van der Waals surface area contributed by atoms with Gasteiger partial charge >= 0.3 is 0 Å². The van der Waals surface area contributed by atoms with Crippen LogP contribution in [-0.4, -0.2) is 55.1 Å². The number of nitrogens with zero attached hydrogens (tertiary/aromatic N) is 3. The number of nitrogens with one attached hydrogen (secondary N) is 1. The van der Waals surface area contributed by atoms with Crippen molar-refractivity contribution in [2.24, 2.45) is 0 Å². The van der Waals surface area contributed by atoms with E-state index in [9.17, 15) is 4.79 Å². The summed E-state index contributed by atoms with van der Waals surface area (Å²) in [5, 5.41) is 4.71. The molecule has 0 bridgehead atoms. The van der Waals surface area contributed by atoms with Gasteiger partial charge in [0.15, 0.2) is 0 Å². The van der Waals surface area contributed by atoms with Crippen molar-refractivity contribution in [1.82, 2.24) is 9.88 Å². The minimum atomic E-state index is -0.0427. The molecule has 2 aromatic carbocycles. The molecule has 0 radical (unpaired) electrons. The van der Waals surface area contributed by atoms with Gasteiger partial charge in [-0.05, 0) is 102 Å². The zero-order valence-electron chi connectivity index (χ0n) is 22.0. The largest absolute Gasteiger partial charge is 0.491 e. The molecule has 1 amide bonds. The Morgan fingerprint density at radius 2 is 1.92 bits per heavy atom. The van der Waals surface area contributed by atoms with Crippen LogP contribution in [0.15, 0.2) is 42.5 Å². The smallest absolute Gasteiger partial charge is 0.224 e. The van der Waals surface area contributed by atoms with Crippen LogP contribution in [0.25, 0.3) is 10.9 Å². The van der Waals surface area contributed by atoms with E-state index in [0.717, 1.165) is 65.2 Å². The third-order valence-corrected chi connectivity index (χ3v) is 7.17. The van der Waals surface area contributed by atoms with Crippen molar-refractivity contribution in [3.8, 4) is 5.75 Å². The van der Waals surface area contributed by atoms with Gasteiger partial charge in [-0.15, -0.1) is 0 Å². The molecule has 1 saturated heterocycles. The van der Waals surface area contributed by atoms with Crippen LogP contribution in [0.1, 0.15) is 44.2 Å². The SMILES string of the molecule is Cc1cc(N2CCC(N(C)C)CC2)nc2ccc(NC(=O)CCc3ccc(OC(C)C)cc3Cl)cc12. The highest BCUT2D eigenvalue weighted by Crippen LogP contribution is 2.28. The van der Waals surface area contributed by atoms with Gasteiger partial charge in [0.05, 0.1) is 11.6 Å². The van der Waals surface area contributed by atoms with Gasteiger partial charge in [-0.3, -0.25) is 4.79 Å². The maximum absolute atomic E-state index is 12.7. The lowest BCUT2D eigenvalue weighted by Crippen LogP contribution is -2.42. The Morgan fingerprint density at radius 3 is 2.58 bits per heavy atom. The molecular weight excluding hydrogens is 472 g/mol. The molecule has 1 N–H and O–H groups in total. The summed E-state index contributed by atoms with van der Waals surface area (Å²) in [5.41, 5.74) is 3.83. The number of carbonyl (C=O) groups excluding carboxylic acids is 1. The molecule has 2 heterocycles. The molecule has 192 valence electrons.